The molecule has 3 fully saturated rings. The van der Waals surface area contributed by atoms with Gasteiger partial charge in [0.15, 0.2) is 6.29 Å². The van der Waals surface area contributed by atoms with Crippen molar-refractivity contribution in [1.82, 2.24) is 0 Å². The molecule has 1 aromatic heterocycles. The molecule has 1 aromatic rings. The molecule has 1 saturated heterocycles. The zero-order valence-corrected chi connectivity index (χ0v) is 20.7. The van der Waals surface area contributed by atoms with Crippen molar-refractivity contribution in [2.24, 2.45) is 34.0 Å². The van der Waals surface area contributed by atoms with E-state index in [2.05, 4.69) is 6.92 Å². The fraction of sp³-hybridized carbons (Fsp3) is 0.704. The molecule has 2 bridgehead atoms. The van der Waals surface area contributed by atoms with Crippen LogP contribution in [0.2, 0.25) is 0 Å². The molecular weight excluding hydrogens is 436 g/mol. The maximum absolute atomic E-state index is 13.9. The second-order valence-corrected chi connectivity index (χ2v) is 11.8. The number of ketones is 1. The number of hydrogen-bond donors (Lipinski definition) is 2. The molecular formula is C27H36O7. The number of hydrogen-bond acceptors (Lipinski definition) is 7. The van der Waals surface area contributed by atoms with Crippen LogP contribution in [0.15, 0.2) is 34.2 Å². The van der Waals surface area contributed by atoms with Gasteiger partial charge in [0.25, 0.3) is 0 Å². The molecule has 0 aromatic carbocycles. The summed E-state index contributed by atoms with van der Waals surface area (Å²) in [7, 11) is 1.36. The van der Waals surface area contributed by atoms with Gasteiger partial charge in [-0.3, -0.25) is 9.59 Å². The highest BCUT2D eigenvalue weighted by molar-refractivity contribution is 5.92. The summed E-state index contributed by atoms with van der Waals surface area (Å²) in [5.74, 6) is -1.23. The van der Waals surface area contributed by atoms with Gasteiger partial charge in [0.1, 0.15) is 5.78 Å². The number of aliphatic hydroxyl groups is 2. The van der Waals surface area contributed by atoms with Gasteiger partial charge in [0.2, 0.25) is 0 Å². The van der Waals surface area contributed by atoms with Crippen LogP contribution in [0, 0.1) is 34.0 Å². The van der Waals surface area contributed by atoms with Crippen LogP contribution in [0.25, 0.3) is 0 Å². The molecule has 2 saturated carbocycles. The van der Waals surface area contributed by atoms with Crippen LogP contribution >= 0.6 is 0 Å². The highest BCUT2D eigenvalue weighted by atomic mass is 16.6. The molecule has 0 amide bonds. The number of allylic oxidation sites excluding steroid dienone is 1. The van der Waals surface area contributed by atoms with Crippen LogP contribution < -0.4 is 0 Å². The molecule has 34 heavy (non-hydrogen) atoms. The first kappa shape index (κ1) is 23.8. The molecule has 8 atom stereocenters. The van der Waals surface area contributed by atoms with Crippen LogP contribution in [-0.4, -0.2) is 41.5 Å². The molecule has 1 aliphatic heterocycles. The Morgan fingerprint density at radius 2 is 1.94 bits per heavy atom. The Hall–Kier alpha value is -1.96. The van der Waals surface area contributed by atoms with E-state index in [0.29, 0.717) is 12.8 Å². The van der Waals surface area contributed by atoms with Crippen molar-refractivity contribution in [2.75, 3.05) is 7.11 Å². The number of ether oxygens (including phenoxy) is 2. The lowest BCUT2D eigenvalue weighted by molar-refractivity contribution is -0.201. The van der Waals surface area contributed by atoms with Crippen molar-refractivity contribution in [1.29, 1.82) is 0 Å². The van der Waals surface area contributed by atoms with E-state index < -0.39 is 29.1 Å². The van der Waals surface area contributed by atoms with Gasteiger partial charge in [-0.2, -0.15) is 0 Å². The predicted molar refractivity (Wildman–Crippen MR) is 122 cm³/mol. The third-order valence-electron chi connectivity index (χ3n) is 9.94. The molecule has 0 spiro atoms. The number of furan rings is 1. The third-order valence-corrected chi connectivity index (χ3v) is 9.94. The van der Waals surface area contributed by atoms with Crippen molar-refractivity contribution < 1.29 is 33.7 Å². The smallest absolute Gasteiger partial charge is 0.305 e. The molecule has 2 N–H and O–H groups in total. The summed E-state index contributed by atoms with van der Waals surface area (Å²) < 4.78 is 16.4. The highest BCUT2D eigenvalue weighted by Crippen LogP contribution is 2.67. The standard InChI is InChI=1S/C27H36O7/c1-25(2)19(12-20(28)32-5)27(4)17-6-8-26(3)18(15(17)10-16(22(25)30)23(27)31)11-21(29)34-24(26)14-7-9-33-13-14/h7,9,13,16-17,19,21-22,24,29-30H,6,8,10-12H2,1-5H3/t16-,17?,19+,21?,22-,24+,26-,27-/m1/s1. The van der Waals surface area contributed by atoms with Crippen LogP contribution in [0.3, 0.4) is 0 Å². The Balaban J connectivity index is 1.66. The van der Waals surface area contributed by atoms with Gasteiger partial charge in [0.05, 0.1) is 31.8 Å². The largest absolute Gasteiger partial charge is 0.472 e. The summed E-state index contributed by atoms with van der Waals surface area (Å²) in [6, 6.07) is 1.88. The third kappa shape index (κ3) is 3.06. The second-order valence-electron chi connectivity index (χ2n) is 11.8. The molecule has 5 rings (SSSR count). The molecule has 2 heterocycles. The Morgan fingerprint density at radius 1 is 1.21 bits per heavy atom. The van der Waals surface area contributed by atoms with Gasteiger partial charge in [0, 0.05) is 35.2 Å². The molecule has 7 nitrogen and oxygen atoms in total. The minimum Gasteiger partial charge on any atom is -0.472 e. The molecule has 2 unspecified atom stereocenters. The Kier molecular flexibility index (Phi) is 5.43. The zero-order chi connectivity index (χ0) is 24.6. The number of carbonyl (C=O) groups is 2. The highest BCUT2D eigenvalue weighted by Gasteiger charge is 2.67. The lowest BCUT2D eigenvalue weighted by Gasteiger charge is -2.63. The van der Waals surface area contributed by atoms with Gasteiger partial charge in [-0.05, 0) is 42.6 Å². The number of aliphatic hydroxyl groups excluding tert-OH is 2. The summed E-state index contributed by atoms with van der Waals surface area (Å²) in [5.41, 5.74) is 1.44. The van der Waals surface area contributed by atoms with Crippen LogP contribution in [0.1, 0.15) is 71.5 Å². The fourth-order valence-corrected chi connectivity index (χ4v) is 8.12. The summed E-state index contributed by atoms with van der Waals surface area (Å²) in [6.45, 7) is 8.12. The Labute approximate surface area is 200 Å². The van der Waals surface area contributed by atoms with E-state index in [4.69, 9.17) is 13.9 Å². The first-order chi connectivity index (χ1) is 16.0. The minimum atomic E-state index is -0.952. The molecule has 4 aliphatic rings. The van der Waals surface area contributed by atoms with E-state index in [-0.39, 0.29) is 41.5 Å². The number of esters is 1. The van der Waals surface area contributed by atoms with Crippen molar-refractivity contribution in [2.45, 2.75) is 78.3 Å². The average Bonchev–Trinajstić information content (AvgIpc) is 3.32. The van der Waals surface area contributed by atoms with E-state index >= 15 is 0 Å². The van der Waals surface area contributed by atoms with Gasteiger partial charge in [-0.15, -0.1) is 0 Å². The number of fused-ring (bicyclic) bond motifs is 5. The van der Waals surface area contributed by atoms with Crippen molar-refractivity contribution in [3.8, 4) is 0 Å². The SMILES string of the molecule is COC(=O)C[C@H]1C(C)(C)[C@H](O)[C@H]2CC3=C4CC(O)O[C@@H](c5ccoc5)[C@]4(C)CCC3[C@@]1(C)C2=O. The maximum atomic E-state index is 13.9. The Morgan fingerprint density at radius 3 is 2.59 bits per heavy atom. The van der Waals surface area contributed by atoms with Gasteiger partial charge < -0.3 is 24.1 Å². The maximum Gasteiger partial charge on any atom is 0.305 e. The second kappa shape index (κ2) is 7.77. The Bertz CT molecular complexity index is 1020. The van der Waals surface area contributed by atoms with Crippen LogP contribution in [-0.2, 0) is 19.1 Å². The van der Waals surface area contributed by atoms with Gasteiger partial charge in [-0.1, -0.05) is 38.8 Å². The van der Waals surface area contributed by atoms with Crippen molar-refractivity contribution >= 4 is 11.8 Å². The topological polar surface area (TPSA) is 106 Å². The first-order valence-electron chi connectivity index (χ1n) is 12.3. The van der Waals surface area contributed by atoms with E-state index in [1.807, 2.05) is 26.8 Å². The van der Waals surface area contributed by atoms with Crippen LogP contribution in [0.5, 0.6) is 0 Å². The predicted octanol–water partition coefficient (Wildman–Crippen LogP) is 3.95. The average molecular weight is 473 g/mol. The lowest BCUT2D eigenvalue weighted by Crippen LogP contribution is -2.66. The van der Waals surface area contributed by atoms with Crippen LogP contribution in [0.4, 0.5) is 0 Å². The summed E-state index contributed by atoms with van der Waals surface area (Å²) in [5, 5.41) is 22.1. The quantitative estimate of drug-likeness (QED) is 0.507. The molecule has 186 valence electrons. The number of Topliss-reactive ketones (excluding diaryl/α,β-unsaturated/α-hetero) is 1. The summed E-state index contributed by atoms with van der Waals surface area (Å²) in [4.78, 5) is 26.4. The van der Waals surface area contributed by atoms with Gasteiger partial charge >= 0.3 is 5.97 Å². The van der Waals surface area contributed by atoms with E-state index in [1.165, 1.54) is 12.7 Å². The fourth-order valence-electron chi connectivity index (χ4n) is 8.12. The first-order valence-corrected chi connectivity index (χ1v) is 12.3. The van der Waals surface area contributed by atoms with Gasteiger partial charge in [-0.25, -0.2) is 0 Å². The van der Waals surface area contributed by atoms with E-state index in [1.54, 1.807) is 12.5 Å². The van der Waals surface area contributed by atoms with E-state index in [9.17, 15) is 19.8 Å². The van der Waals surface area contributed by atoms with E-state index in [0.717, 1.165) is 24.0 Å². The van der Waals surface area contributed by atoms with Crippen molar-refractivity contribution in [3.05, 3.63) is 35.3 Å². The number of carbonyl (C=O) groups excluding carboxylic acids is 2. The molecule has 7 heteroatoms. The van der Waals surface area contributed by atoms with Crippen molar-refractivity contribution in [3.63, 3.8) is 0 Å². The zero-order valence-electron chi connectivity index (χ0n) is 20.7. The monoisotopic (exact) mass is 472 g/mol. The molecule has 3 aliphatic carbocycles. The summed E-state index contributed by atoms with van der Waals surface area (Å²) in [6.07, 6.45) is 3.66. The lowest BCUT2D eigenvalue weighted by atomic mass is 9.40. The normalized spacial score (nSPS) is 43.2. The number of methoxy groups -OCH3 is 1. The summed E-state index contributed by atoms with van der Waals surface area (Å²) >= 11 is 0. The minimum absolute atomic E-state index is 0.0453. The molecule has 0 radical (unpaired) electrons. The number of rotatable bonds is 3.